The Kier molecular flexibility index (Phi) is 8.92. The van der Waals surface area contributed by atoms with Crippen LogP contribution in [-0.2, 0) is 5.41 Å². The molecule has 0 spiro atoms. The zero-order valence-electron chi connectivity index (χ0n) is 25.0. The Morgan fingerprint density at radius 3 is 2.36 bits per heavy atom. The van der Waals surface area contributed by atoms with E-state index < -0.39 is 11.2 Å². The second-order valence-electron chi connectivity index (χ2n) is 10.4. The minimum Gasteiger partial charge on any atom is -0.493 e. The van der Waals surface area contributed by atoms with Crippen LogP contribution in [-0.4, -0.2) is 45.7 Å². The van der Waals surface area contributed by atoms with Crippen LogP contribution in [0.5, 0.6) is 17.2 Å². The maximum atomic E-state index is 14.8. The van der Waals surface area contributed by atoms with Crippen molar-refractivity contribution in [2.45, 2.75) is 31.3 Å². The van der Waals surface area contributed by atoms with Crippen LogP contribution in [0.3, 0.4) is 0 Å². The first-order valence-corrected chi connectivity index (χ1v) is 14.7. The molecule has 44 heavy (non-hydrogen) atoms. The van der Waals surface area contributed by atoms with Crippen LogP contribution >= 0.6 is 11.8 Å². The van der Waals surface area contributed by atoms with E-state index in [0.717, 1.165) is 5.56 Å². The van der Waals surface area contributed by atoms with Crippen molar-refractivity contribution in [3.8, 4) is 34.7 Å². The van der Waals surface area contributed by atoms with Crippen molar-refractivity contribution in [3.05, 3.63) is 107 Å². The van der Waals surface area contributed by atoms with Gasteiger partial charge in [0.15, 0.2) is 28.2 Å². The van der Waals surface area contributed by atoms with Crippen LogP contribution in [0.4, 0.5) is 8.78 Å². The summed E-state index contributed by atoms with van der Waals surface area (Å²) in [6, 6.07) is 18.6. The minimum absolute atomic E-state index is 0.241. The number of imidazole rings is 2. The maximum Gasteiger partial charge on any atom is 0.174 e. The number of methoxy groups -OCH3 is 2. The molecule has 2 heterocycles. The smallest absolute Gasteiger partial charge is 0.174 e. The molecular weight excluding hydrogens is 584 g/mol. The largest absolute Gasteiger partial charge is 0.493 e. The lowest BCUT2D eigenvalue weighted by atomic mass is 9.80. The quantitative estimate of drug-likeness (QED) is 0.116. The fourth-order valence-electron chi connectivity index (χ4n) is 5.04. The molecule has 0 saturated heterocycles. The fraction of sp³-hybridized carbons (Fsp3) is 0.242. The van der Waals surface area contributed by atoms with Gasteiger partial charge in [-0.25, -0.2) is 18.7 Å². The highest BCUT2D eigenvalue weighted by Crippen LogP contribution is 2.41. The summed E-state index contributed by atoms with van der Waals surface area (Å²) in [5, 5.41) is 10.7. The molecule has 0 unspecified atom stereocenters. The van der Waals surface area contributed by atoms with Gasteiger partial charge in [0.05, 0.1) is 32.2 Å². The van der Waals surface area contributed by atoms with E-state index in [1.54, 1.807) is 62.4 Å². The third kappa shape index (κ3) is 5.98. The van der Waals surface area contributed by atoms with E-state index in [-0.39, 0.29) is 18.1 Å². The highest BCUT2D eigenvalue weighted by atomic mass is 32.2. The first-order valence-electron chi connectivity index (χ1n) is 13.7. The van der Waals surface area contributed by atoms with E-state index in [9.17, 15) is 14.0 Å². The van der Waals surface area contributed by atoms with Crippen molar-refractivity contribution in [1.29, 1.82) is 5.26 Å². The summed E-state index contributed by atoms with van der Waals surface area (Å²) in [5.41, 5.74) is 2.05. The number of thioether (sulfide) groups is 1. The molecule has 0 aliphatic heterocycles. The van der Waals surface area contributed by atoms with Crippen molar-refractivity contribution in [3.63, 3.8) is 0 Å². The van der Waals surface area contributed by atoms with Crippen molar-refractivity contribution in [1.82, 2.24) is 19.1 Å². The van der Waals surface area contributed by atoms with E-state index in [1.807, 2.05) is 36.6 Å². The van der Waals surface area contributed by atoms with Gasteiger partial charge in [-0.15, -0.1) is 0 Å². The van der Waals surface area contributed by atoms with Crippen LogP contribution in [0.2, 0.25) is 0 Å². The predicted octanol–water partition coefficient (Wildman–Crippen LogP) is 7.03. The van der Waals surface area contributed by atoms with Gasteiger partial charge in [-0.1, -0.05) is 31.7 Å². The summed E-state index contributed by atoms with van der Waals surface area (Å²) in [7, 11) is 3.14. The van der Waals surface area contributed by atoms with Crippen LogP contribution in [0.1, 0.15) is 36.6 Å². The zero-order valence-corrected chi connectivity index (χ0v) is 25.8. The van der Waals surface area contributed by atoms with Gasteiger partial charge in [-0.2, -0.15) is 5.26 Å². The third-order valence-corrected chi connectivity index (χ3v) is 8.23. The summed E-state index contributed by atoms with van der Waals surface area (Å²) < 4.78 is 49.1. The molecule has 8 nitrogen and oxygen atoms in total. The number of aryl methyl sites for hydroxylation is 1. The zero-order chi connectivity index (χ0) is 31.4. The van der Waals surface area contributed by atoms with Crippen LogP contribution < -0.4 is 14.2 Å². The average molecular weight is 616 g/mol. The topological polar surface area (TPSA) is 87.1 Å². The van der Waals surface area contributed by atoms with E-state index in [1.165, 1.54) is 30.0 Å². The second-order valence-corrected chi connectivity index (χ2v) is 11.4. The Labute approximate surface area is 258 Å². The molecule has 5 rings (SSSR count). The van der Waals surface area contributed by atoms with Crippen LogP contribution in [0.15, 0.2) is 78.2 Å². The fourth-order valence-corrected chi connectivity index (χ4v) is 5.87. The molecule has 0 radical (unpaired) electrons. The summed E-state index contributed by atoms with van der Waals surface area (Å²) in [4.78, 5) is 8.84. The van der Waals surface area contributed by atoms with Gasteiger partial charge in [0.25, 0.3) is 0 Å². The predicted molar refractivity (Wildman–Crippen MR) is 164 cm³/mol. The number of aromatic nitrogens is 4. The van der Waals surface area contributed by atoms with Gasteiger partial charge in [0, 0.05) is 35.3 Å². The number of nitriles is 1. The number of ether oxygens (including phenoxy) is 3. The molecule has 0 N–H and O–H groups in total. The molecular formula is C33H31F2N5O3S. The third-order valence-electron chi connectivity index (χ3n) is 7.32. The van der Waals surface area contributed by atoms with E-state index in [0.29, 0.717) is 51.1 Å². The molecule has 2 aromatic heterocycles. The van der Waals surface area contributed by atoms with Crippen LogP contribution in [0, 0.1) is 29.9 Å². The molecule has 0 aliphatic carbocycles. The Morgan fingerprint density at radius 2 is 1.73 bits per heavy atom. The molecule has 5 aromatic rings. The Balaban J connectivity index is 1.44. The summed E-state index contributed by atoms with van der Waals surface area (Å²) in [6.45, 7) is 6.04. The summed E-state index contributed by atoms with van der Waals surface area (Å²) in [6.07, 6.45) is 3.31. The standard InChI is InChI=1S/C33H31F2N5O3S/c1-21-37-14-15-39(21)28-12-11-25(19-26(28)35)43-16-17-44-32-38-27(20-36)31(40(32)24-9-7-23(34)8-10-24)33(2,3)22-6-13-29(41-4)30(18-22)42-5/h6-15,18-19H,16-17H2,1-5H3. The number of hydrogen-bond donors (Lipinski definition) is 0. The normalized spacial score (nSPS) is 11.3. The SMILES string of the molecule is COc1ccc(C(C)(C)c2c(C#N)nc(SCCOc3ccc(-n4ccnc4C)c(F)c3)n2-c2ccc(F)cc2)cc1OC. The molecule has 11 heteroatoms. The van der Waals surface area contributed by atoms with Gasteiger partial charge < -0.3 is 18.8 Å². The van der Waals surface area contributed by atoms with E-state index in [4.69, 9.17) is 19.2 Å². The molecule has 0 saturated carbocycles. The number of benzene rings is 3. The summed E-state index contributed by atoms with van der Waals surface area (Å²) >= 11 is 1.38. The van der Waals surface area contributed by atoms with Crippen LogP contribution in [0.25, 0.3) is 11.4 Å². The van der Waals surface area contributed by atoms with E-state index in [2.05, 4.69) is 11.1 Å². The van der Waals surface area contributed by atoms with Gasteiger partial charge in [0.2, 0.25) is 0 Å². The first kappa shape index (κ1) is 30.6. The maximum absolute atomic E-state index is 14.8. The lowest BCUT2D eigenvalue weighted by Gasteiger charge is -2.28. The average Bonchev–Trinajstić information content (AvgIpc) is 3.62. The highest BCUT2D eigenvalue weighted by Gasteiger charge is 2.34. The molecule has 0 atom stereocenters. The molecule has 3 aromatic carbocycles. The molecule has 0 bridgehead atoms. The molecule has 0 aliphatic rings. The van der Waals surface area contributed by atoms with Gasteiger partial charge in [-0.3, -0.25) is 4.57 Å². The summed E-state index contributed by atoms with van der Waals surface area (Å²) in [5.74, 6) is 1.85. The lowest BCUT2D eigenvalue weighted by Crippen LogP contribution is -2.24. The lowest BCUT2D eigenvalue weighted by molar-refractivity contribution is 0.341. The molecule has 0 fully saturated rings. The monoisotopic (exact) mass is 615 g/mol. The van der Waals surface area contributed by atoms with Gasteiger partial charge >= 0.3 is 0 Å². The number of rotatable bonds is 11. The van der Waals surface area contributed by atoms with Gasteiger partial charge in [0.1, 0.15) is 23.5 Å². The van der Waals surface area contributed by atoms with Gasteiger partial charge in [-0.05, 0) is 61.0 Å². The highest BCUT2D eigenvalue weighted by molar-refractivity contribution is 7.99. The van der Waals surface area contributed by atoms with Crippen molar-refractivity contribution < 1.29 is 23.0 Å². The number of halogens is 2. The Hall–Kier alpha value is -4.82. The Morgan fingerprint density at radius 1 is 0.977 bits per heavy atom. The minimum atomic E-state index is -0.728. The second kappa shape index (κ2) is 12.8. The van der Waals surface area contributed by atoms with E-state index >= 15 is 0 Å². The first-order chi connectivity index (χ1) is 21.2. The number of nitrogens with zero attached hydrogens (tertiary/aromatic N) is 5. The van der Waals surface area contributed by atoms with Crippen molar-refractivity contribution >= 4 is 11.8 Å². The molecule has 0 amide bonds. The van der Waals surface area contributed by atoms with Crippen molar-refractivity contribution in [2.24, 2.45) is 0 Å². The molecule has 226 valence electrons. The van der Waals surface area contributed by atoms with Crippen molar-refractivity contribution in [2.75, 3.05) is 26.6 Å². The Bertz CT molecular complexity index is 1830. The number of hydrogen-bond acceptors (Lipinski definition) is 7.